The summed E-state index contributed by atoms with van der Waals surface area (Å²) in [5, 5.41) is 0. The van der Waals surface area contributed by atoms with Gasteiger partial charge in [-0.25, -0.2) is 0 Å². The molecule has 0 bridgehead atoms. The Hall–Kier alpha value is -2.56. The minimum absolute atomic E-state index is 0.260. The Morgan fingerprint density at radius 1 is 0.750 bits per heavy atom. The normalized spacial score (nSPS) is 20.5. The largest absolute Gasteiger partial charge is 0.491 e. The van der Waals surface area contributed by atoms with Gasteiger partial charge in [-0.1, -0.05) is 81.5 Å². The summed E-state index contributed by atoms with van der Waals surface area (Å²) < 4.78 is 22.8. The lowest BCUT2D eigenvalue weighted by molar-refractivity contribution is 0.260. The van der Waals surface area contributed by atoms with E-state index in [1.807, 2.05) is 0 Å². The van der Waals surface area contributed by atoms with E-state index in [0.29, 0.717) is 13.2 Å². The third-order valence-corrected chi connectivity index (χ3v) is 7.26. The summed E-state index contributed by atoms with van der Waals surface area (Å²) in [4.78, 5) is 0. The number of benzene rings is 2. The van der Waals surface area contributed by atoms with Crippen molar-refractivity contribution in [1.29, 1.82) is 0 Å². The first-order chi connectivity index (χ1) is 17.8. The lowest BCUT2D eigenvalue weighted by Gasteiger charge is -2.20. The van der Waals surface area contributed by atoms with E-state index in [1.54, 1.807) is 0 Å². The standard InChI is InChI=1S/C32H40O4/c1-2-3-4-5-6-7-9-27-10-8-11-31(32(27)36-23-30-22-35-30)26-14-12-24(13-15-26)25-16-18-28(19-17-25)33-20-29-21-34-29/h8,10-12,15-19,29-30H,2-7,9,13-14,20-23H2,1H3. The van der Waals surface area contributed by atoms with E-state index in [-0.39, 0.29) is 12.2 Å². The van der Waals surface area contributed by atoms with Crippen LogP contribution in [0.3, 0.4) is 0 Å². The van der Waals surface area contributed by atoms with Gasteiger partial charge in [0.05, 0.1) is 13.2 Å². The molecule has 0 radical (unpaired) electrons. The number of para-hydroxylation sites is 1. The van der Waals surface area contributed by atoms with Crippen LogP contribution in [0.25, 0.3) is 11.1 Å². The Balaban J connectivity index is 1.22. The zero-order valence-electron chi connectivity index (χ0n) is 21.7. The highest BCUT2D eigenvalue weighted by atomic mass is 16.6. The number of allylic oxidation sites excluding steroid dienone is 4. The molecule has 2 aromatic carbocycles. The van der Waals surface area contributed by atoms with Crippen molar-refractivity contribution >= 4 is 11.1 Å². The predicted octanol–water partition coefficient (Wildman–Crippen LogP) is 7.41. The minimum atomic E-state index is 0.260. The van der Waals surface area contributed by atoms with Crippen LogP contribution < -0.4 is 9.47 Å². The molecule has 0 aromatic heterocycles. The Morgan fingerprint density at radius 2 is 1.42 bits per heavy atom. The van der Waals surface area contributed by atoms with Gasteiger partial charge in [0.15, 0.2) is 0 Å². The van der Waals surface area contributed by atoms with Gasteiger partial charge in [0, 0.05) is 5.56 Å². The summed E-state index contributed by atoms with van der Waals surface area (Å²) in [5.41, 5.74) is 6.58. The molecule has 0 spiro atoms. The van der Waals surface area contributed by atoms with Gasteiger partial charge in [0.2, 0.25) is 0 Å². The van der Waals surface area contributed by atoms with Gasteiger partial charge < -0.3 is 18.9 Å². The van der Waals surface area contributed by atoms with E-state index < -0.39 is 0 Å². The zero-order chi connectivity index (χ0) is 24.6. The fraction of sp³-hybridized carbons (Fsp3) is 0.500. The topological polar surface area (TPSA) is 43.5 Å². The molecule has 2 aliphatic heterocycles. The van der Waals surface area contributed by atoms with Crippen LogP contribution in [-0.2, 0) is 15.9 Å². The van der Waals surface area contributed by atoms with Crippen molar-refractivity contribution in [1.82, 2.24) is 0 Å². The molecule has 2 aromatic rings. The van der Waals surface area contributed by atoms with Gasteiger partial charge in [-0.2, -0.15) is 0 Å². The molecule has 0 amide bonds. The molecule has 2 unspecified atom stereocenters. The smallest absolute Gasteiger partial charge is 0.130 e. The quantitative estimate of drug-likeness (QED) is 0.193. The molecule has 2 atom stereocenters. The van der Waals surface area contributed by atoms with E-state index in [9.17, 15) is 0 Å². The average Bonchev–Trinajstić information content (AvgIpc) is 3.85. The number of hydrogen-bond donors (Lipinski definition) is 0. The maximum Gasteiger partial charge on any atom is 0.130 e. The number of unbranched alkanes of at least 4 members (excludes halogenated alkanes) is 5. The molecule has 4 nitrogen and oxygen atoms in total. The number of rotatable bonds is 15. The second-order valence-corrected chi connectivity index (χ2v) is 10.2. The summed E-state index contributed by atoms with van der Waals surface area (Å²) in [6.45, 7) is 5.21. The third kappa shape index (κ3) is 7.24. The fourth-order valence-electron chi connectivity index (χ4n) is 4.85. The molecule has 2 heterocycles. The first-order valence-corrected chi connectivity index (χ1v) is 13.9. The van der Waals surface area contributed by atoms with E-state index in [2.05, 4.69) is 61.5 Å². The maximum absolute atomic E-state index is 6.40. The third-order valence-electron chi connectivity index (χ3n) is 7.26. The van der Waals surface area contributed by atoms with E-state index in [0.717, 1.165) is 44.0 Å². The molecular weight excluding hydrogens is 448 g/mol. The van der Waals surface area contributed by atoms with Crippen LogP contribution in [0.4, 0.5) is 0 Å². The maximum atomic E-state index is 6.40. The second kappa shape index (κ2) is 12.6. The molecule has 36 heavy (non-hydrogen) atoms. The fourth-order valence-corrected chi connectivity index (χ4v) is 4.85. The molecule has 5 rings (SSSR count). The van der Waals surface area contributed by atoms with Crippen molar-refractivity contribution in [2.24, 2.45) is 0 Å². The Morgan fingerprint density at radius 3 is 2.11 bits per heavy atom. The van der Waals surface area contributed by atoms with Gasteiger partial charge in [0.1, 0.15) is 36.9 Å². The summed E-state index contributed by atoms with van der Waals surface area (Å²) in [7, 11) is 0. The molecule has 1 aliphatic carbocycles. The molecule has 0 saturated carbocycles. The molecule has 3 aliphatic rings. The van der Waals surface area contributed by atoms with Gasteiger partial charge >= 0.3 is 0 Å². The summed E-state index contributed by atoms with van der Waals surface area (Å²) in [6.07, 6.45) is 16.1. The second-order valence-electron chi connectivity index (χ2n) is 10.2. The van der Waals surface area contributed by atoms with Crippen LogP contribution >= 0.6 is 0 Å². The average molecular weight is 489 g/mol. The van der Waals surface area contributed by atoms with Crippen molar-refractivity contribution < 1.29 is 18.9 Å². The molecular formula is C32H40O4. The van der Waals surface area contributed by atoms with E-state index in [1.165, 1.54) is 66.4 Å². The molecule has 0 N–H and O–H groups in total. The lowest BCUT2D eigenvalue weighted by atomic mass is 9.89. The monoisotopic (exact) mass is 488 g/mol. The van der Waals surface area contributed by atoms with Gasteiger partial charge in [-0.3, -0.25) is 0 Å². The van der Waals surface area contributed by atoms with Crippen LogP contribution in [0.2, 0.25) is 0 Å². The van der Waals surface area contributed by atoms with Crippen molar-refractivity contribution in [3.05, 3.63) is 71.3 Å². The number of ether oxygens (including phenoxy) is 4. The number of aryl methyl sites for hydroxylation is 1. The Kier molecular flexibility index (Phi) is 8.79. The minimum Gasteiger partial charge on any atom is -0.491 e. The highest BCUT2D eigenvalue weighted by Crippen LogP contribution is 2.38. The molecule has 4 heteroatoms. The van der Waals surface area contributed by atoms with Crippen LogP contribution in [0.5, 0.6) is 11.5 Å². The van der Waals surface area contributed by atoms with Gasteiger partial charge in [0.25, 0.3) is 0 Å². The summed E-state index contributed by atoms with van der Waals surface area (Å²) in [5.74, 6) is 1.98. The van der Waals surface area contributed by atoms with E-state index in [4.69, 9.17) is 18.9 Å². The van der Waals surface area contributed by atoms with Gasteiger partial charge in [-0.15, -0.1) is 0 Å². The van der Waals surface area contributed by atoms with Crippen molar-refractivity contribution in [2.75, 3.05) is 26.4 Å². The van der Waals surface area contributed by atoms with Crippen LogP contribution in [-0.4, -0.2) is 38.6 Å². The van der Waals surface area contributed by atoms with Gasteiger partial charge in [-0.05, 0) is 60.1 Å². The van der Waals surface area contributed by atoms with Crippen molar-refractivity contribution in [3.8, 4) is 11.5 Å². The number of epoxide rings is 2. The lowest BCUT2D eigenvalue weighted by Crippen LogP contribution is -2.08. The number of hydrogen-bond acceptors (Lipinski definition) is 4. The first kappa shape index (κ1) is 25.1. The summed E-state index contributed by atoms with van der Waals surface area (Å²) in [6, 6.07) is 15.1. The first-order valence-electron chi connectivity index (χ1n) is 13.9. The Labute approximate surface area is 216 Å². The SMILES string of the molecule is CCCCCCCCc1cccc(C2=CCC(c3ccc(OCC4CO4)cc3)=CC2)c1OCC1CO1. The van der Waals surface area contributed by atoms with Crippen molar-refractivity contribution in [3.63, 3.8) is 0 Å². The molecule has 2 fully saturated rings. The zero-order valence-corrected chi connectivity index (χ0v) is 21.7. The molecule has 192 valence electrons. The summed E-state index contributed by atoms with van der Waals surface area (Å²) >= 11 is 0. The Bertz CT molecular complexity index is 1040. The highest BCUT2D eigenvalue weighted by Gasteiger charge is 2.25. The van der Waals surface area contributed by atoms with E-state index >= 15 is 0 Å². The van der Waals surface area contributed by atoms with Crippen LogP contribution in [0.1, 0.15) is 75.0 Å². The highest BCUT2D eigenvalue weighted by molar-refractivity contribution is 5.80. The van der Waals surface area contributed by atoms with Crippen molar-refractivity contribution in [2.45, 2.75) is 76.9 Å². The van der Waals surface area contributed by atoms with Crippen LogP contribution in [0, 0.1) is 0 Å². The predicted molar refractivity (Wildman–Crippen MR) is 146 cm³/mol. The molecule has 2 saturated heterocycles. The van der Waals surface area contributed by atoms with Crippen LogP contribution in [0.15, 0.2) is 54.6 Å².